The molecule has 0 saturated carbocycles. The number of primary amides is 1. The second-order valence-electron chi connectivity index (χ2n) is 6.54. The number of carbonyl (C=O) groups is 2. The lowest BCUT2D eigenvalue weighted by atomic mass is 10.0. The normalized spacial score (nSPS) is 14.7. The van der Waals surface area contributed by atoms with E-state index in [0.29, 0.717) is 0 Å². The minimum absolute atomic E-state index is 0.482. The summed E-state index contributed by atoms with van der Waals surface area (Å²) in [6.45, 7) is 4.24. The van der Waals surface area contributed by atoms with E-state index in [4.69, 9.17) is 5.73 Å². The van der Waals surface area contributed by atoms with Gasteiger partial charge in [-0.05, 0) is 49.1 Å². The Morgan fingerprint density at radius 3 is 2.38 bits per heavy atom. The van der Waals surface area contributed by atoms with Crippen LogP contribution in [0.1, 0.15) is 30.0 Å². The van der Waals surface area contributed by atoms with E-state index in [1.807, 2.05) is 42.5 Å². The maximum absolute atomic E-state index is 12.4. The Hall–Kier alpha value is -3.02. The summed E-state index contributed by atoms with van der Waals surface area (Å²) in [5.74, 6) is -0.482. The van der Waals surface area contributed by atoms with Crippen LogP contribution in [0.5, 0.6) is 0 Å². The van der Waals surface area contributed by atoms with Crippen LogP contribution >= 0.6 is 0 Å². The number of anilines is 2. The zero-order valence-corrected chi connectivity index (χ0v) is 14.9. The van der Waals surface area contributed by atoms with Gasteiger partial charge in [-0.3, -0.25) is 10.1 Å². The molecule has 26 heavy (non-hydrogen) atoms. The van der Waals surface area contributed by atoms with Crippen LogP contribution < -0.4 is 21.3 Å². The fourth-order valence-electron chi connectivity index (χ4n) is 3.36. The number of nitrogens with one attached hydrogen (secondary N) is 2. The molecular formula is C20H24N4O2. The van der Waals surface area contributed by atoms with Crippen molar-refractivity contribution in [2.45, 2.75) is 25.8 Å². The summed E-state index contributed by atoms with van der Waals surface area (Å²) in [4.78, 5) is 25.9. The lowest BCUT2D eigenvalue weighted by molar-refractivity contribution is -0.120. The van der Waals surface area contributed by atoms with Crippen molar-refractivity contribution in [3.8, 4) is 0 Å². The van der Waals surface area contributed by atoms with Crippen molar-refractivity contribution in [3.63, 3.8) is 0 Å². The molecule has 1 aliphatic rings. The zero-order chi connectivity index (χ0) is 18.5. The Balaban J connectivity index is 1.83. The van der Waals surface area contributed by atoms with Crippen molar-refractivity contribution in [3.05, 3.63) is 59.7 Å². The summed E-state index contributed by atoms with van der Waals surface area (Å²) >= 11 is 0. The summed E-state index contributed by atoms with van der Waals surface area (Å²) in [5, 5.41) is 5.38. The molecule has 0 radical (unpaired) electrons. The monoisotopic (exact) mass is 352 g/mol. The molecule has 2 aromatic carbocycles. The molecule has 136 valence electrons. The second-order valence-corrected chi connectivity index (χ2v) is 6.54. The van der Waals surface area contributed by atoms with Gasteiger partial charge in [-0.15, -0.1) is 0 Å². The van der Waals surface area contributed by atoms with E-state index in [1.54, 1.807) is 0 Å². The summed E-state index contributed by atoms with van der Waals surface area (Å²) in [6.07, 6.45) is 2.45. The summed E-state index contributed by atoms with van der Waals surface area (Å²) in [6, 6.07) is 13.8. The molecule has 0 spiro atoms. The smallest absolute Gasteiger partial charge is 0.318 e. The molecule has 0 aliphatic carbocycles. The highest BCUT2D eigenvalue weighted by atomic mass is 16.2. The molecule has 0 aromatic heterocycles. The molecule has 6 nitrogen and oxygen atoms in total. The third kappa shape index (κ3) is 4.14. The molecule has 4 N–H and O–H groups in total. The lowest BCUT2D eigenvalue weighted by Crippen LogP contribution is -2.40. The predicted molar refractivity (Wildman–Crippen MR) is 103 cm³/mol. The number of hydrogen-bond donors (Lipinski definition) is 3. The number of benzene rings is 2. The van der Waals surface area contributed by atoms with Gasteiger partial charge >= 0.3 is 6.03 Å². The number of aryl methyl sites for hydroxylation is 1. The highest BCUT2D eigenvalue weighted by Crippen LogP contribution is 2.28. The van der Waals surface area contributed by atoms with Gasteiger partial charge in [0.15, 0.2) is 0 Å². The average molecular weight is 352 g/mol. The largest absolute Gasteiger partial charge is 0.371 e. The first-order chi connectivity index (χ1) is 12.5. The Bertz CT molecular complexity index is 786. The number of imide groups is 1. The highest BCUT2D eigenvalue weighted by Gasteiger charge is 2.22. The first-order valence-corrected chi connectivity index (χ1v) is 8.82. The van der Waals surface area contributed by atoms with Gasteiger partial charge in [0.05, 0.1) is 0 Å². The average Bonchev–Trinajstić information content (AvgIpc) is 3.14. The number of rotatable bonds is 5. The van der Waals surface area contributed by atoms with Crippen molar-refractivity contribution in [1.29, 1.82) is 0 Å². The van der Waals surface area contributed by atoms with Gasteiger partial charge in [0.25, 0.3) is 5.91 Å². The molecule has 3 rings (SSSR count). The predicted octanol–water partition coefficient (Wildman–Crippen LogP) is 2.94. The number of amides is 3. The van der Waals surface area contributed by atoms with Crippen LogP contribution in [0.3, 0.4) is 0 Å². The van der Waals surface area contributed by atoms with E-state index in [2.05, 4.69) is 28.5 Å². The minimum Gasteiger partial charge on any atom is -0.371 e. The van der Waals surface area contributed by atoms with Gasteiger partial charge in [-0.1, -0.05) is 30.3 Å². The number of nitrogens with zero attached hydrogens (tertiary/aromatic N) is 1. The topological polar surface area (TPSA) is 87.5 Å². The molecular weight excluding hydrogens is 328 g/mol. The molecule has 1 saturated heterocycles. The van der Waals surface area contributed by atoms with Crippen molar-refractivity contribution in [2.24, 2.45) is 5.73 Å². The van der Waals surface area contributed by atoms with E-state index < -0.39 is 18.0 Å². The van der Waals surface area contributed by atoms with Gasteiger partial charge in [-0.2, -0.15) is 0 Å². The Kier molecular flexibility index (Phi) is 5.41. The van der Waals surface area contributed by atoms with E-state index in [-0.39, 0.29) is 0 Å². The maximum atomic E-state index is 12.4. The molecule has 1 atom stereocenters. The van der Waals surface area contributed by atoms with E-state index in [9.17, 15) is 9.59 Å². The second kappa shape index (κ2) is 7.91. The first kappa shape index (κ1) is 17.8. The standard InChI is InChI=1S/C20H24N4O2/c1-14-13-16(9-10-17(14)24-11-5-6-12-24)22-18(19(25)23-20(21)26)15-7-3-2-4-8-15/h2-4,7-10,13,18,22H,5-6,11-12H2,1H3,(H3,21,23,25,26)/t18-/m0/s1. The molecule has 0 unspecified atom stereocenters. The van der Waals surface area contributed by atoms with Crippen molar-refractivity contribution in [2.75, 3.05) is 23.3 Å². The Labute approximate surface area is 153 Å². The fraction of sp³-hybridized carbons (Fsp3) is 0.300. The number of hydrogen-bond acceptors (Lipinski definition) is 4. The van der Waals surface area contributed by atoms with E-state index in [1.165, 1.54) is 18.5 Å². The number of nitrogens with two attached hydrogens (primary N) is 1. The molecule has 1 heterocycles. The van der Waals surface area contributed by atoms with Crippen LogP contribution in [0.15, 0.2) is 48.5 Å². The van der Waals surface area contributed by atoms with Crippen molar-refractivity contribution >= 4 is 23.3 Å². The lowest BCUT2D eigenvalue weighted by Gasteiger charge is -2.23. The summed E-state index contributed by atoms with van der Waals surface area (Å²) in [7, 11) is 0. The van der Waals surface area contributed by atoms with Crippen LogP contribution in [0.2, 0.25) is 0 Å². The van der Waals surface area contributed by atoms with Crippen molar-refractivity contribution in [1.82, 2.24) is 5.32 Å². The van der Waals surface area contributed by atoms with E-state index in [0.717, 1.165) is 29.9 Å². The van der Waals surface area contributed by atoms with Crippen molar-refractivity contribution < 1.29 is 9.59 Å². The van der Waals surface area contributed by atoms with Gasteiger partial charge < -0.3 is 16.0 Å². The number of urea groups is 1. The SMILES string of the molecule is Cc1cc(N[C@H](C(=O)NC(N)=O)c2ccccc2)ccc1N1CCCC1. The van der Waals surface area contributed by atoms with Crippen LogP contribution in [-0.4, -0.2) is 25.0 Å². The van der Waals surface area contributed by atoms with E-state index >= 15 is 0 Å². The third-order valence-electron chi connectivity index (χ3n) is 4.60. The van der Waals surface area contributed by atoms with Gasteiger partial charge in [0.1, 0.15) is 6.04 Å². The number of carbonyl (C=O) groups excluding carboxylic acids is 2. The summed E-state index contributed by atoms with van der Waals surface area (Å²) in [5.41, 5.74) is 9.07. The Morgan fingerprint density at radius 2 is 1.77 bits per heavy atom. The minimum atomic E-state index is -0.863. The highest BCUT2D eigenvalue weighted by molar-refractivity contribution is 5.98. The van der Waals surface area contributed by atoms with Crippen LogP contribution in [-0.2, 0) is 4.79 Å². The van der Waals surface area contributed by atoms with Gasteiger partial charge in [0.2, 0.25) is 0 Å². The third-order valence-corrected chi connectivity index (χ3v) is 4.60. The zero-order valence-electron chi connectivity index (χ0n) is 14.9. The molecule has 2 aromatic rings. The molecule has 0 bridgehead atoms. The molecule has 3 amide bonds. The first-order valence-electron chi connectivity index (χ1n) is 8.82. The van der Waals surface area contributed by atoms with Crippen LogP contribution in [0, 0.1) is 6.92 Å². The Morgan fingerprint density at radius 1 is 1.08 bits per heavy atom. The molecule has 1 aliphatic heterocycles. The van der Waals surface area contributed by atoms with Crippen LogP contribution in [0.25, 0.3) is 0 Å². The quantitative estimate of drug-likeness (QED) is 0.772. The fourth-order valence-corrected chi connectivity index (χ4v) is 3.36. The molecule has 1 fully saturated rings. The summed E-state index contributed by atoms with van der Waals surface area (Å²) < 4.78 is 0. The molecule has 6 heteroatoms. The van der Waals surface area contributed by atoms with Gasteiger partial charge in [0, 0.05) is 24.5 Å². The maximum Gasteiger partial charge on any atom is 0.318 e. The van der Waals surface area contributed by atoms with Gasteiger partial charge in [-0.25, -0.2) is 4.79 Å². The van der Waals surface area contributed by atoms with Crippen LogP contribution in [0.4, 0.5) is 16.2 Å².